The van der Waals surface area contributed by atoms with Gasteiger partial charge in [-0.2, -0.15) is 13.2 Å². The molecule has 136 valence electrons. The van der Waals surface area contributed by atoms with Crippen LogP contribution in [0.15, 0.2) is 71.1 Å². The Kier molecular flexibility index (Phi) is 5.01. The van der Waals surface area contributed by atoms with E-state index in [0.717, 1.165) is 22.7 Å². The van der Waals surface area contributed by atoms with Crippen molar-refractivity contribution in [3.05, 3.63) is 76.7 Å². The van der Waals surface area contributed by atoms with Gasteiger partial charge in [0.25, 0.3) is 9.84 Å². The summed E-state index contributed by atoms with van der Waals surface area (Å²) in [5.41, 5.74) is -3.92. The van der Waals surface area contributed by atoms with Crippen LogP contribution in [0, 0.1) is 0 Å². The number of aromatic nitrogens is 1. The topological polar surface area (TPSA) is 59.1 Å². The van der Waals surface area contributed by atoms with Crippen LogP contribution in [0.5, 0.6) is 0 Å². The van der Waals surface area contributed by atoms with Gasteiger partial charge < -0.3 is 5.32 Å². The molecule has 0 radical (unpaired) electrons. The molecule has 26 heavy (non-hydrogen) atoms. The van der Waals surface area contributed by atoms with Gasteiger partial charge in [0.1, 0.15) is 11.0 Å². The van der Waals surface area contributed by atoms with Gasteiger partial charge in [0.05, 0.1) is 4.90 Å². The zero-order valence-corrected chi connectivity index (χ0v) is 14.8. The highest BCUT2D eigenvalue weighted by atomic mass is 32.2. The summed E-state index contributed by atoms with van der Waals surface area (Å²) in [7, 11) is -5.36. The Morgan fingerprint density at radius 3 is 2.19 bits per heavy atom. The Labute approximate surface area is 152 Å². The molecule has 0 aliphatic heterocycles. The van der Waals surface area contributed by atoms with E-state index >= 15 is 0 Å². The molecule has 0 saturated carbocycles. The van der Waals surface area contributed by atoms with Crippen molar-refractivity contribution in [3.8, 4) is 0 Å². The second kappa shape index (κ2) is 7.08. The highest BCUT2D eigenvalue weighted by Gasteiger charge is 2.46. The third kappa shape index (κ3) is 3.73. The molecule has 0 saturated heterocycles. The number of rotatable bonds is 5. The van der Waals surface area contributed by atoms with E-state index in [2.05, 4.69) is 10.3 Å². The number of nitrogens with zero attached hydrogens (tertiary/aromatic N) is 1. The highest BCUT2D eigenvalue weighted by molar-refractivity contribution is 7.92. The van der Waals surface area contributed by atoms with Gasteiger partial charge in [-0.05, 0) is 29.8 Å². The maximum absolute atomic E-state index is 12.6. The summed E-state index contributed by atoms with van der Waals surface area (Å²) in [5, 5.41) is 5.79. The van der Waals surface area contributed by atoms with Crippen molar-refractivity contribution in [2.75, 3.05) is 5.32 Å². The number of halogens is 3. The first kappa shape index (κ1) is 18.4. The van der Waals surface area contributed by atoms with Crippen LogP contribution in [0.1, 0.15) is 16.6 Å². The van der Waals surface area contributed by atoms with Crippen LogP contribution in [0.4, 0.5) is 18.9 Å². The Bertz CT molecular complexity index is 956. The molecule has 1 aromatic heterocycles. The summed E-state index contributed by atoms with van der Waals surface area (Å²) in [6.07, 6.45) is 1.66. The average molecular weight is 398 g/mol. The number of nitrogens with one attached hydrogen (secondary N) is 1. The standard InChI is InChI=1S/C17H13F3N2O2S2/c18-17(19,20)26(23,24)14-8-6-13(7-9-14)22-15(16-21-10-11-25-16)12-4-2-1-3-5-12/h1-11,15,22H. The molecule has 1 heterocycles. The molecule has 0 aliphatic rings. The summed E-state index contributed by atoms with van der Waals surface area (Å²) in [5.74, 6) is 0. The van der Waals surface area contributed by atoms with Crippen molar-refractivity contribution in [3.63, 3.8) is 0 Å². The lowest BCUT2D eigenvalue weighted by atomic mass is 10.1. The van der Waals surface area contributed by atoms with Gasteiger partial charge in [0.2, 0.25) is 0 Å². The summed E-state index contributed by atoms with van der Waals surface area (Å²) in [6, 6.07) is 13.6. The number of thiazole rings is 1. The molecule has 0 bridgehead atoms. The molecule has 3 aromatic rings. The molecule has 1 atom stereocenters. The third-order valence-corrected chi connectivity index (χ3v) is 5.95. The fourth-order valence-corrected chi connectivity index (χ4v) is 3.82. The first-order valence-electron chi connectivity index (χ1n) is 7.41. The van der Waals surface area contributed by atoms with Gasteiger partial charge in [-0.1, -0.05) is 30.3 Å². The lowest BCUT2D eigenvalue weighted by molar-refractivity contribution is -0.0436. The lowest BCUT2D eigenvalue weighted by Gasteiger charge is -2.18. The van der Waals surface area contributed by atoms with Crippen molar-refractivity contribution < 1.29 is 21.6 Å². The molecule has 1 N–H and O–H groups in total. The van der Waals surface area contributed by atoms with Crippen LogP contribution >= 0.6 is 11.3 Å². The molecule has 0 aliphatic carbocycles. The largest absolute Gasteiger partial charge is 0.501 e. The maximum atomic E-state index is 12.6. The first-order chi connectivity index (χ1) is 12.3. The minimum atomic E-state index is -5.36. The van der Waals surface area contributed by atoms with Crippen LogP contribution in [0.2, 0.25) is 0 Å². The van der Waals surface area contributed by atoms with E-state index in [0.29, 0.717) is 5.69 Å². The van der Waals surface area contributed by atoms with Gasteiger partial charge in [-0.15, -0.1) is 11.3 Å². The van der Waals surface area contributed by atoms with E-state index in [1.807, 2.05) is 35.7 Å². The Morgan fingerprint density at radius 2 is 1.65 bits per heavy atom. The van der Waals surface area contributed by atoms with Crippen LogP contribution in [0.25, 0.3) is 0 Å². The summed E-state index contributed by atoms with van der Waals surface area (Å²) < 4.78 is 60.8. The molecule has 2 aromatic carbocycles. The Morgan fingerprint density at radius 1 is 1.00 bits per heavy atom. The van der Waals surface area contributed by atoms with Gasteiger partial charge >= 0.3 is 5.51 Å². The zero-order chi connectivity index (χ0) is 18.8. The van der Waals surface area contributed by atoms with Crippen LogP contribution < -0.4 is 5.32 Å². The Hall–Kier alpha value is -2.39. The predicted molar refractivity (Wildman–Crippen MR) is 93.7 cm³/mol. The van der Waals surface area contributed by atoms with Crippen molar-refractivity contribution >= 4 is 26.9 Å². The molecule has 0 spiro atoms. The van der Waals surface area contributed by atoms with E-state index in [4.69, 9.17) is 0 Å². The van der Waals surface area contributed by atoms with Crippen molar-refractivity contribution in [1.29, 1.82) is 0 Å². The van der Waals surface area contributed by atoms with Gasteiger partial charge in [-0.25, -0.2) is 13.4 Å². The number of sulfone groups is 1. The molecular formula is C17H13F3N2O2S2. The second-order valence-electron chi connectivity index (χ2n) is 5.33. The van der Waals surface area contributed by atoms with E-state index < -0.39 is 20.2 Å². The second-order valence-corrected chi connectivity index (χ2v) is 8.20. The number of benzene rings is 2. The van der Waals surface area contributed by atoms with Crippen LogP contribution in [-0.4, -0.2) is 18.9 Å². The van der Waals surface area contributed by atoms with E-state index in [9.17, 15) is 21.6 Å². The third-order valence-electron chi connectivity index (χ3n) is 3.61. The molecule has 9 heteroatoms. The highest BCUT2D eigenvalue weighted by Crippen LogP contribution is 2.32. The Balaban J connectivity index is 1.89. The molecule has 4 nitrogen and oxygen atoms in total. The van der Waals surface area contributed by atoms with Crippen molar-refractivity contribution in [1.82, 2.24) is 4.98 Å². The van der Waals surface area contributed by atoms with Crippen molar-refractivity contribution in [2.45, 2.75) is 16.4 Å². The molecule has 0 fully saturated rings. The molecule has 0 amide bonds. The summed E-state index contributed by atoms with van der Waals surface area (Å²) in [6.45, 7) is 0. The fourth-order valence-electron chi connectivity index (χ4n) is 2.34. The molecule has 3 rings (SSSR count). The van der Waals surface area contributed by atoms with Crippen LogP contribution in [-0.2, 0) is 9.84 Å². The number of hydrogen-bond donors (Lipinski definition) is 1. The first-order valence-corrected chi connectivity index (χ1v) is 9.77. The minimum Gasteiger partial charge on any atom is -0.372 e. The number of anilines is 1. The lowest BCUT2D eigenvalue weighted by Crippen LogP contribution is -2.23. The van der Waals surface area contributed by atoms with E-state index in [-0.39, 0.29) is 6.04 Å². The predicted octanol–water partition coefficient (Wildman–Crippen LogP) is 4.64. The summed E-state index contributed by atoms with van der Waals surface area (Å²) >= 11 is 1.44. The molecular weight excluding hydrogens is 385 g/mol. The van der Waals surface area contributed by atoms with E-state index in [1.54, 1.807) is 6.20 Å². The van der Waals surface area contributed by atoms with Crippen LogP contribution in [0.3, 0.4) is 0 Å². The smallest absolute Gasteiger partial charge is 0.372 e. The zero-order valence-electron chi connectivity index (χ0n) is 13.1. The van der Waals surface area contributed by atoms with E-state index in [1.165, 1.54) is 23.5 Å². The molecule has 1 unspecified atom stereocenters. The fraction of sp³-hybridized carbons (Fsp3) is 0.118. The maximum Gasteiger partial charge on any atom is 0.501 e. The van der Waals surface area contributed by atoms with Gasteiger partial charge in [0.15, 0.2) is 0 Å². The number of alkyl halides is 3. The van der Waals surface area contributed by atoms with Gasteiger partial charge in [-0.3, -0.25) is 0 Å². The monoisotopic (exact) mass is 398 g/mol. The SMILES string of the molecule is O=S(=O)(c1ccc(NC(c2ccccc2)c2nccs2)cc1)C(F)(F)F. The van der Waals surface area contributed by atoms with Crippen molar-refractivity contribution in [2.24, 2.45) is 0 Å². The average Bonchev–Trinajstić information content (AvgIpc) is 3.14. The minimum absolute atomic E-state index is 0.304. The number of hydrogen-bond acceptors (Lipinski definition) is 5. The van der Waals surface area contributed by atoms with Gasteiger partial charge in [0, 0.05) is 17.3 Å². The quantitative estimate of drug-likeness (QED) is 0.680. The summed E-state index contributed by atoms with van der Waals surface area (Å²) in [4.78, 5) is 3.50. The normalized spacial score (nSPS) is 13.3.